The van der Waals surface area contributed by atoms with Gasteiger partial charge in [-0.3, -0.25) is 6.54 Å². The van der Waals surface area contributed by atoms with E-state index in [0.717, 1.165) is 13.1 Å². The third-order valence-corrected chi connectivity index (χ3v) is 2.23. The first kappa shape index (κ1) is 10.9. The van der Waals surface area contributed by atoms with E-state index in [9.17, 15) is 0 Å². The molecule has 0 spiro atoms. The first-order valence-electron chi connectivity index (χ1n) is 4.00. The van der Waals surface area contributed by atoms with Gasteiger partial charge in [0.1, 0.15) is 0 Å². The molecule has 1 aliphatic heterocycles. The minimum atomic E-state index is 0. The van der Waals surface area contributed by atoms with E-state index in [1.54, 1.807) is 0 Å². The van der Waals surface area contributed by atoms with Crippen LogP contribution in [0.1, 0.15) is 18.1 Å². The largest absolute Gasteiger partial charge is 1.00 e. The summed E-state index contributed by atoms with van der Waals surface area (Å²) < 4.78 is 0. The maximum atomic E-state index is 2.32. The molecule has 0 saturated heterocycles. The standard InChI is InChI=1S/C10H12N.K/c1-2-11-7-9-5-3-4-6-10(9)8-11;/h2-6H,7-8H2,1H3;/q-1;+1. The van der Waals surface area contributed by atoms with Gasteiger partial charge in [0, 0.05) is 0 Å². The van der Waals surface area contributed by atoms with Crippen molar-refractivity contribution in [2.75, 3.05) is 0 Å². The van der Waals surface area contributed by atoms with Crippen molar-refractivity contribution >= 4 is 0 Å². The predicted molar refractivity (Wildman–Crippen MR) is 45.7 cm³/mol. The maximum Gasteiger partial charge on any atom is 1.00 e. The van der Waals surface area contributed by atoms with Gasteiger partial charge >= 0.3 is 51.4 Å². The molecule has 1 heterocycles. The zero-order valence-corrected chi connectivity index (χ0v) is 10.9. The maximum absolute atomic E-state index is 2.32. The van der Waals surface area contributed by atoms with E-state index < -0.39 is 0 Å². The molecule has 2 rings (SSSR count). The van der Waals surface area contributed by atoms with Crippen molar-refractivity contribution in [1.29, 1.82) is 0 Å². The molecule has 0 aromatic heterocycles. The Kier molecular flexibility index (Phi) is 4.44. The number of fused-ring (bicyclic) bond motifs is 1. The molecule has 0 atom stereocenters. The third kappa shape index (κ3) is 2.19. The summed E-state index contributed by atoms with van der Waals surface area (Å²) in [4.78, 5) is 2.32. The second-order valence-electron chi connectivity index (χ2n) is 2.93. The molecule has 1 aromatic rings. The minimum absolute atomic E-state index is 0. The Morgan fingerprint density at radius 2 is 1.67 bits per heavy atom. The molecule has 1 aromatic carbocycles. The van der Waals surface area contributed by atoms with Crippen LogP contribution in [0.2, 0.25) is 0 Å². The van der Waals surface area contributed by atoms with E-state index >= 15 is 0 Å². The predicted octanol–water partition coefficient (Wildman–Crippen LogP) is -0.812. The Bertz CT molecular complexity index is 235. The summed E-state index contributed by atoms with van der Waals surface area (Å²) in [6, 6.07) is 8.63. The summed E-state index contributed by atoms with van der Waals surface area (Å²) in [5.74, 6) is 0. The Morgan fingerprint density at radius 1 is 1.17 bits per heavy atom. The normalized spacial score (nSPS) is 15.4. The van der Waals surface area contributed by atoms with E-state index in [4.69, 9.17) is 0 Å². The van der Waals surface area contributed by atoms with Crippen LogP contribution < -0.4 is 51.4 Å². The molecule has 0 N–H and O–H groups in total. The molecule has 0 saturated carbocycles. The summed E-state index contributed by atoms with van der Waals surface area (Å²) in [6.07, 6.45) is 0. The average molecular weight is 185 g/mol. The van der Waals surface area contributed by atoms with Gasteiger partial charge in [-0.25, -0.2) is 0 Å². The van der Waals surface area contributed by atoms with E-state index in [1.807, 2.05) is 0 Å². The van der Waals surface area contributed by atoms with Crippen molar-refractivity contribution in [3.8, 4) is 0 Å². The summed E-state index contributed by atoms with van der Waals surface area (Å²) in [7, 11) is 0. The molecule has 0 aliphatic carbocycles. The Morgan fingerprint density at radius 3 is 2.08 bits per heavy atom. The molecule has 0 amide bonds. The average Bonchev–Trinajstić information content (AvgIpc) is 2.46. The molecule has 58 valence electrons. The Hall–Kier alpha value is 0.816. The van der Waals surface area contributed by atoms with Crippen LogP contribution in [0, 0.1) is 6.54 Å². The summed E-state index contributed by atoms with van der Waals surface area (Å²) in [5.41, 5.74) is 2.95. The van der Waals surface area contributed by atoms with Gasteiger partial charge in [-0.2, -0.15) is 6.92 Å². The van der Waals surface area contributed by atoms with Gasteiger partial charge in [0.2, 0.25) is 0 Å². The molecule has 0 radical (unpaired) electrons. The van der Waals surface area contributed by atoms with Crippen molar-refractivity contribution < 1.29 is 51.4 Å². The van der Waals surface area contributed by atoms with E-state index in [0.29, 0.717) is 0 Å². The van der Waals surface area contributed by atoms with Crippen molar-refractivity contribution in [2.45, 2.75) is 20.0 Å². The molecule has 0 bridgehead atoms. The zero-order chi connectivity index (χ0) is 7.68. The molecular formula is C10H12KN. The number of hydrogen-bond donors (Lipinski definition) is 0. The molecule has 12 heavy (non-hydrogen) atoms. The van der Waals surface area contributed by atoms with Gasteiger partial charge in [0.05, 0.1) is 0 Å². The summed E-state index contributed by atoms with van der Waals surface area (Å²) in [6.45, 7) is 6.42. The fraction of sp³-hybridized carbons (Fsp3) is 0.300. The number of hydrogen-bond acceptors (Lipinski definition) is 1. The van der Waals surface area contributed by atoms with Crippen LogP contribution in [0.5, 0.6) is 0 Å². The van der Waals surface area contributed by atoms with Gasteiger partial charge in [0.15, 0.2) is 0 Å². The van der Waals surface area contributed by atoms with Crippen molar-refractivity contribution in [1.82, 2.24) is 4.90 Å². The second-order valence-corrected chi connectivity index (χ2v) is 2.93. The molecule has 2 heteroatoms. The quantitative estimate of drug-likeness (QED) is 0.408. The van der Waals surface area contributed by atoms with Crippen LogP contribution in [0.15, 0.2) is 24.3 Å². The smallest absolute Gasteiger partial charge is 0.449 e. The van der Waals surface area contributed by atoms with Crippen LogP contribution in [-0.2, 0) is 13.1 Å². The number of benzene rings is 1. The van der Waals surface area contributed by atoms with Gasteiger partial charge in [-0.1, -0.05) is 24.3 Å². The minimum Gasteiger partial charge on any atom is -0.449 e. The van der Waals surface area contributed by atoms with Crippen LogP contribution >= 0.6 is 0 Å². The van der Waals surface area contributed by atoms with Gasteiger partial charge in [0.25, 0.3) is 0 Å². The molecule has 1 aliphatic rings. The van der Waals surface area contributed by atoms with Crippen molar-refractivity contribution in [2.24, 2.45) is 0 Å². The van der Waals surface area contributed by atoms with E-state index in [1.165, 1.54) is 11.1 Å². The SMILES string of the molecule is C[CH-]N1Cc2ccccc2C1.[K+]. The second kappa shape index (κ2) is 4.89. The van der Waals surface area contributed by atoms with Crippen LogP contribution in [0.3, 0.4) is 0 Å². The van der Waals surface area contributed by atoms with Crippen molar-refractivity contribution in [3.63, 3.8) is 0 Å². The fourth-order valence-electron chi connectivity index (χ4n) is 1.54. The number of nitrogens with zero attached hydrogens (tertiary/aromatic N) is 1. The topological polar surface area (TPSA) is 3.24 Å². The Balaban J connectivity index is 0.000000720. The first-order chi connectivity index (χ1) is 5.40. The van der Waals surface area contributed by atoms with E-state index in [-0.39, 0.29) is 51.4 Å². The van der Waals surface area contributed by atoms with Gasteiger partial charge < -0.3 is 4.90 Å². The van der Waals surface area contributed by atoms with Crippen LogP contribution in [-0.4, -0.2) is 4.90 Å². The zero-order valence-electron chi connectivity index (χ0n) is 7.75. The number of rotatable bonds is 1. The molecule has 0 unspecified atom stereocenters. The summed E-state index contributed by atoms with van der Waals surface area (Å²) in [5, 5.41) is 0. The van der Waals surface area contributed by atoms with Crippen molar-refractivity contribution in [3.05, 3.63) is 41.9 Å². The molecular weight excluding hydrogens is 173 g/mol. The molecule has 0 fully saturated rings. The van der Waals surface area contributed by atoms with Gasteiger partial charge in [-0.05, 0) is 24.2 Å². The van der Waals surface area contributed by atoms with E-state index in [2.05, 4.69) is 42.6 Å². The Labute approximate surface area is 117 Å². The first-order valence-corrected chi connectivity index (χ1v) is 4.00. The summed E-state index contributed by atoms with van der Waals surface area (Å²) >= 11 is 0. The fourth-order valence-corrected chi connectivity index (χ4v) is 1.54. The van der Waals surface area contributed by atoms with Crippen LogP contribution in [0.25, 0.3) is 0 Å². The third-order valence-electron chi connectivity index (χ3n) is 2.23. The van der Waals surface area contributed by atoms with Crippen LogP contribution in [0.4, 0.5) is 0 Å². The molecule has 1 nitrogen and oxygen atoms in total. The monoisotopic (exact) mass is 185 g/mol. The van der Waals surface area contributed by atoms with Gasteiger partial charge in [-0.15, -0.1) is 0 Å².